The number of nitrogens with zero attached hydrogens (tertiary/aromatic N) is 2. The molecule has 2 aromatic heterocycles. The highest BCUT2D eigenvalue weighted by atomic mass is 32.1. The average Bonchev–Trinajstić information content (AvgIpc) is 3.32. The molecule has 3 rings (SSSR count). The minimum absolute atomic E-state index is 0.0513. The molecule has 134 valence electrons. The third-order valence-corrected chi connectivity index (χ3v) is 6.01. The molecule has 1 N–H and O–H groups in total. The highest BCUT2D eigenvalue weighted by molar-refractivity contribution is 7.12. The fourth-order valence-electron chi connectivity index (χ4n) is 2.87. The number of hydrogen-bond acceptors (Lipinski definition) is 5. The van der Waals surface area contributed by atoms with E-state index in [0.717, 1.165) is 32.7 Å². The average molecular weight is 378 g/mol. The summed E-state index contributed by atoms with van der Waals surface area (Å²) in [5.41, 5.74) is 0. The first-order chi connectivity index (χ1) is 12.2. The number of carbonyl (C=O) groups is 2. The lowest BCUT2D eigenvalue weighted by atomic mass is 10.2. The number of hydrogen-bond donors (Lipinski definition) is 1. The van der Waals surface area contributed by atoms with Crippen molar-refractivity contribution in [3.05, 3.63) is 44.8 Å². The Bertz CT molecular complexity index is 663. The molecule has 3 heterocycles. The topological polar surface area (TPSA) is 52.7 Å². The number of nitrogens with one attached hydrogen (secondary N) is 1. The Labute approximate surface area is 156 Å². The lowest BCUT2D eigenvalue weighted by Crippen LogP contribution is -2.48. The summed E-state index contributed by atoms with van der Waals surface area (Å²) in [6.07, 6.45) is 1.18. The second-order valence-electron chi connectivity index (χ2n) is 6.07. The first kappa shape index (κ1) is 18.1. The van der Waals surface area contributed by atoms with Gasteiger partial charge < -0.3 is 10.2 Å². The fourth-order valence-corrected chi connectivity index (χ4v) is 4.26. The maximum Gasteiger partial charge on any atom is 0.261 e. The van der Waals surface area contributed by atoms with E-state index in [2.05, 4.69) is 27.7 Å². The van der Waals surface area contributed by atoms with Gasteiger partial charge in [-0.15, -0.1) is 22.7 Å². The van der Waals surface area contributed by atoms with Crippen LogP contribution >= 0.6 is 22.7 Å². The number of carbonyl (C=O) groups excluding carboxylic acids is 2. The minimum atomic E-state index is -0.0513. The minimum Gasteiger partial charge on any atom is -0.351 e. The molecule has 0 aliphatic carbocycles. The fraction of sp³-hybridized carbons (Fsp3) is 0.444. The molecule has 0 radical (unpaired) electrons. The molecule has 0 unspecified atom stereocenters. The maximum absolute atomic E-state index is 12.3. The lowest BCUT2D eigenvalue weighted by molar-refractivity contribution is -0.133. The smallest absolute Gasteiger partial charge is 0.261 e. The van der Waals surface area contributed by atoms with Crippen LogP contribution in [0.15, 0.2) is 35.0 Å². The molecule has 1 aliphatic rings. The van der Waals surface area contributed by atoms with Crippen molar-refractivity contribution in [2.45, 2.75) is 19.4 Å². The second-order valence-corrected chi connectivity index (χ2v) is 8.05. The molecule has 0 saturated carbocycles. The lowest BCUT2D eigenvalue weighted by Gasteiger charge is -2.34. The standard InChI is InChI=1S/C18H23N3O2S2/c22-17(6-1-7-19-18(23)16-5-3-13-25-16)21-10-8-20(9-11-21)14-15-4-2-12-24-15/h2-5,12-13H,1,6-11,14H2,(H,19,23). The second kappa shape index (κ2) is 9.12. The van der Waals surface area contributed by atoms with Crippen molar-refractivity contribution in [2.75, 3.05) is 32.7 Å². The molecule has 1 aliphatic heterocycles. The molecule has 7 heteroatoms. The van der Waals surface area contributed by atoms with Crippen LogP contribution in [0, 0.1) is 0 Å². The number of rotatable bonds is 7. The van der Waals surface area contributed by atoms with Gasteiger partial charge >= 0.3 is 0 Å². The normalized spacial score (nSPS) is 15.3. The van der Waals surface area contributed by atoms with Crippen molar-refractivity contribution >= 4 is 34.5 Å². The van der Waals surface area contributed by atoms with Crippen LogP contribution in [0.1, 0.15) is 27.4 Å². The van der Waals surface area contributed by atoms with Crippen LogP contribution in [-0.4, -0.2) is 54.3 Å². The Morgan fingerprint density at radius 3 is 2.48 bits per heavy atom. The number of amides is 2. The van der Waals surface area contributed by atoms with E-state index < -0.39 is 0 Å². The van der Waals surface area contributed by atoms with E-state index in [1.807, 2.05) is 16.3 Å². The molecule has 0 aromatic carbocycles. The van der Waals surface area contributed by atoms with Gasteiger partial charge in [-0.25, -0.2) is 0 Å². The quantitative estimate of drug-likeness (QED) is 0.755. The summed E-state index contributed by atoms with van der Waals surface area (Å²) >= 11 is 3.21. The van der Waals surface area contributed by atoms with Gasteiger partial charge in [0.15, 0.2) is 0 Å². The molecule has 0 bridgehead atoms. The Balaban J connectivity index is 1.31. The largest absolute Gasteiger partial charge is 0.351 e. The van der Waals surface area contributed by atoms with Crippen LogP contribution in [0.2, 0.25) is 0 Å². The van der Waals surface area contributed by atoms with Gasteiger partial charge in [0.2, 0.25) is 5.91 Å². The Morgan fingerprint density at radius 2 is 1.80 bits per heavy atom. The predicted molar refractivity (Wildman–Crippen MR) is 102 cm³/mol. The predicted octanol–water partition coefficient (Wildman–Crippen LogP) is 2.66. The molecule has 2 amide bonds. The molecule has 5 nitrogen and oxygen atoms in total. The van der Waals surface area contributed by atoms with E-state index in [1.165, 1.54) is 16.2 Å². The van der Waals surface area contributed by atoms with Gasteiger partial charge in [-0.3, -0.25) is 14.5 Å². The highest BCUT2D eigenvalue weighted by Crippen LogP contribution is 2.14. The Kier molecular flexibility index (Phi) is 6.61. The van der Waals surface area contributed by atoms with Crippen LogP contribution < -0.4 is 5.32 Å². The Hall–Kier alpha value is -1.70. The van der Waals surface area contributed by atoms with Crippen molar-refractivity contribution in [2.24, 2.45) is 0 Å². The van der Waals surface area contributed by atoms with Gasteiger partial charge in [-0.1, -0.05) is 12.1 Å². The Morgan fingerprint density at radius 1 is 1.04 bits per heavy atom. The summed E-state index contributed by atoms with van der Waals surface area (Å²) < 4.78 is 0. The third kappa shape index (κ3) is 5.39. The van der Waals surface area contributed by atoms with Crippen molar-refractivity contribution in [1.29, 1.82) is 0 Å². The van der Waals surface area contributed by atoms with Crippen LogP contribution in [0.4, 0.5) is 0 Å². The van der Waals surface area contributed by atoms with Crippen molar-refractivity contribution in [3.63, 3.8) is 0 Å². The van der Waals surface area contributed by atoms with Crippen LogP contribution in [0.25, 0.3) is 0 Å². The molecule has 1 fully saturated rings. The van der Waals surface area contributed by atoms with E-state index >= 15 is 0 Å². The van der Waals surface area contributed by atoms with E-state index in [9.17, 15) is 9.59 Å². The van der Waals surface area contributed by atoms with Crippen molar-refractivity contribution < 1.29 is 9.59 Å². The van der Waals surface area contributed by atoms with E-state index in [0.29, 0.717) is 24.3 Å². The zero-order valence-corrected chi connectivity index (χ0v) is 15.8. The zero-order chi connectivity index (χ0) is 17.5. The summed E-state index contributed by atoms with van der Waals surface area (Å²) in [5.74, 6) is 0.144. The molecular formula is C18H23N3O2S2. The SMILES string of the molecule is O=C(NCCCC(=O)N1CCN(Cc2cccs2)CC1)c1cccs1. The van der Waals surface area contributed by atoms with Gasteiger partial charge in [0.25, 0.3) is 5.91 Å². The van der Waals surface area contributed by atoms with Crippen LogP contribution in [-0.2, 0) is 11.3 Å². The van der Waals surface area contributed by atoms with Crippen LogP contribution in [0.5, 0.6) is 0 Å². The van der Waals surface area contributed by atoms with E-state index in [1.54, 1.807) is 17.4 Å². The summed E-state index contributed by atoms with van der Waals surface area (Å²) in [7, 11) is 0. The van der Waals surface area contributed by atoms with Crippen LogP contribution in [0.3, 0.4) is 0 Å². The molecule has 2 aromatic rings. The van der Waals surface area contributed by atoms with Gasteiger partial charge in [0.05, 0.1) is 4.88 Å². The molecule has 25 heavy (non-hydrogen) atoms. The maximum atomic E-state index is 12.3. The molecule has 0 atom stereocenters. The number of piperazine rings is 1. The molecule has 1 saturated heterocycles. The van der Waals surface area contributed by atoms with Gasteiger partial charge in [-0.2, -0.15) is 0 Å². The molecular weight excluding hydrogens is 354 g/mol. The van der Waals surface area contributed by atoms with Gasteiger partial charge in [0, 0.05) is 50.6 Å². The highest BCUT2D eigenvalue weighted by Gasteiger charge is 2.20. The number of thiophene rings is 2. The monoisotopic (exact) mass is 377 g/mol. The van der Waals surface area contributed by atoms with Gasteiger partial charge in [0.1, 0.15) is 0 Å². The first-order valence-electron chi connectivity index (χ1n) is 8.56. The zero-order valence-electron chi connectivity index (χ0n) is 14.1. The van der Waals surface area contributed by atoms with E-state index in [4.69, 9.17) is 0 Å². The summed E-state index contributed by atoms with van der Waals surface area (Å²) in [6.45, 7) is 4.98. The first-order valence-corrected chi connectivity index (χ1v) is 10.3. The third-order valence-electron chi connectivity index (χ3n) is 4.28. The van der Waals surface area contributed by atoms with Crippen molar-refractivity contribution in [3.8, 4) is 0 Å². The summed E-state index contributed by atoms with van der Waals surface area (Å²) in [4.78, 5) is 30.6. The van der Waals surface area contributed by atoms with Gasteiger partial charge in [-0.05, 0) is 29.3 Å². The van der Waals surface area contributed by atoms with Crippen molar-refractivity contribution in [1.82, 2.24) is 15.1 Å². The summed E-state index contributed by atoms with van der Waals surface area (Å²) in [5, 5.41) is 6.86. The summed E-state index contributed by atoms with van der Waals surface area (Å²) in [6, 6.07) is 7.91. The van der Waals surface area contributed by atoms with E-state index in [-0.39, 0.29) is 11.8 Å². The molecule has 0 spiro atoms.